The van der Waals surface area contributed by atoms with Gasteiger partial charge in [-0.1, -0.05) is 17.4 Å². The van der Waals surface area contributed by atoms with Gasteiger partial charge in [-0.2, -0.15) is 0 Å². The summed E-state index contributed by atoms with van der Waals surface area (Å²) in [7, 11) is -3.71. The van der Waals surface area contributed by atoms with E-state index in [-0.39, 0.29) is 21.9 Å². The zero-order valence-electron chi connectivity index (χ0n) is 11.8. The van der Waals surface area contributed by atoms with Crippen molar-refractivity contribution in [1.29, 1.82) is 0 Å². The topological polar surface area (TPSA) is 114 Å². The van der Waals surface area contributed by atoms with E-state index < -0.39 is 10.0 Å². The standard InChI is InChI=1S/C12H15N5O3S2/c1-9(18)15-11-16-17-12(21-11)22(19,20)14-8-4-6-10-5-2-3-7-13-10/h2-3,5,7,14H,4,6,8H2,1H3,(H,15,16,18). The maximum atomic E-state index is 12.0. The molecule has 2 rings (SSSR count). The van der Waals surface area contributed by atoms with Gasteiger partial charge in [0.2, 0.25) is 15.4 Å². The summed E-state index contributed by atoms with van der Waals surface area (Å²) >= 11 is 0.806. The number of amides is 1. The second kappa shape index (κ2) is 7.38. The molecule has 0 aliphatic rings. The highest BCUT2D eigenvalue weighted by atomic mass is 32.2. The smallest absolute Gasteiger partial charge is 0.269 e. The summed E-state index contributed by atoms with van der Waals surface area (Å²) in [6.45, 7) is 1.58. The van der Waals surface area contributed by atoms with Crippen molar-refractivity contribution in [3.63, 3.8) is 0 Å². The first-order chi connectivity index (χ1) is 10.5. The summed E-state index contributed by atoms with van der Waals surface area (Å²) in [4.78, 5) is 15.0. The second-order valence-corrected chi connectivity index (χ2v) is 7.29. The van der Waals surface area contributed by atoms with Crippen molar-refractivity contribution in [3.05, 3.63) is 30.1 Å². The average molecular weight is 341 g/mol. The second-order valence-electron chi connectivity index (χ2n) is 4.38. The number of carbonyl (C=O) groups excluding carboxylic acids is 1. The van der Waals surface area contributed by atoms with E-state index in [0.717, 1.165) is 17.0 Å². The molecule has 2 N–H and O–H groups in total. The molecule has 0 atom stereocenters. The first-order valence-corrected chi connectivity index (χ1v) is 8.78. The molecule has 22 heavy (non-hydrogen) atoms. The summed E-state index contributed by atoms with van der Waals surface area (Å²) in [5.74, 6) is -0.330. The van der Waals surface area contributed by atoms with Crippen LogP contribution in [0.4, 0.5) is 5.13 Å². The third-order valence-corrected chi connectivity index (χ3v) is 5.21. The van der Waals surface area contributed by atoms with E-state index in [9.17, 15) is 13.2 Å². The van der Waals surface area contributed by atoms with Crippen molar-refractivity contribution in [2.24, 2.45) is 0 Å². The molecular formula is C12H15N5O3S2. The third kappa shape index (κ3) is 4.83. The summed E-state index contributed by atoms with van der Waals surface area (Å²) in [5.41, 5.74) is 0.908. The third-order valence-electron chi connectivity index (χ3n) is 2.55. The number of rotatable bonds is 7. The Morgan fingerprint density at radius 2 is 2.14 bits per heavy atom. The first-order valence-electron chi connectivity index (χ1n) is 6.48. The molecule has 2 aromatic rings. The van der Waals surface area contributed by atoms with Crippen molar-refractivity contribution in [2.45, 2.75) is 24.1 Å². The summed E-state index contributed by atoms with van der Waals surface area (Å²) in [6.07, 6.45) is 2.99. The number of hydrogen-bond donors (Lipinski definition) is 2. The number of hydrogen-bond acceptors (Lipinski definition) is 7. The van der Waals surface area contributed by atoms with Gasteiger partial charge in [-0.25, -0.2) is 13.1 Å². The van der Waals surface area contributed by atoms with E-state index >= 15 is 0 Å². The van der Waals surface area contributed by atoms with Crippen LogP contribution in [0, 0.1) is 0 Å². The van der Waals surface area contributed by atoms with Crippen LogP contribution < -0.4 is 10.0 Å². The van der Waals surface area contributed by atoms with Gasteiger partial charge in [-0.05, 0) is 25.0 Å². The van der Waals surface area contributed by atoms with Crippen LogP contribution in [0.2, 0.25) is 0 Å². The van der Waals surface area contributed by atoms with Crippen LogP contribution >= 0.6 is 11.3 Å². The van der Waals surface area contributed by atoms with Crippen molar-refractivity contribution < 1.29 is 13.2 Å². The van der Waals surface area contributed by atoms with Gasteiger partial charge in [0.05, 0.1) is 0 Å². The van der Waals surface area contributed by atoms with Crippen LogP contribution in [0.1, 0.15) is 19.0 Å². The van der Waals surface area contributed by atoms with Gasteiger partial charge in [0.1, 0.15) is 0 Å². The van der Waals surface area contributed by atoms with E-state index in [2.05, 4.69) is 25.2 Å². The highest BCUT2D eigenvalue weighted by molar-refractivity contribution is 7.91. The minimum Gasteiger partial charge on any atom is -0.301 e. The van der Waals surface area contributed by atoms with Crippen molar-refractivity contribution >= 4 is 32.4 Å². The Morgan fingerprint density at radius 1 is 1.32 bits per heavy atom. The van der Waals surface area contributed by atoms with Crippen molar-refractivity contribution in [3.8, 4) is 0 Å². The molecule has 0 fully saturated rings. The van der Waals surface area contributed by atoms with Gasteiger partial charge in [0, 0.05) is 25.4 Å². The Bertz CT molecular complexity index is 730. The SMILES string of the molecule is CC(=O)Nc1nnc(S(=O)(=O)NCCCc2ccccn2)s1. The Kier molecular flexibility index (Phi) is 5.52. The lowest BCUT2D eigenvalue weighted by molar-refractivity contribution is -0.114. The Morgan fingerprint density at radius 3 is 2.82 bits per heavy atom. The van der Waals surface area contributed by atoms with Crippen molar-refractivity contribution in [2.75, 3.05) is 11.9 Å². The van der Waals surface area contributed by atoms with Gasteiger partial charge >= 0.3 is 0 Å². The Labute approximate surface area is 132 Å². The molecule has 0 unspecified atom stereocenters. The molecule has 8 nitrogen and oxygen atoms in total. The molecule has 0 bridgehead atoms. The predicted molar refractivity (Wildman–Crippen MR) is 82.0 cm³/mol. The molecule has 0 aliphatic carbocycles. The van der Waals surface area contributed by atoms with Crippen LogP contribution in [-0.4, -0.2) is 36.1 Å². The van der Waals surface area contributed by atoms with Crippen LogP contribution in [-0.2, 0) is 21.2 Å². The quantitative estimate of drug-likeness (QED) is 0.569. The first kappa shape index (κ1) is 16.5. The minimum atomic E-state index is -3.71. The average Bonchev–Trinajstić information content (AvgIpc) is 2.93. The van der Waals surface area contributed by atoms with Crippen LogP contribution in [0.5, 0.6) is 0 Å². The number of nitrogens with one attached hydrogen (secondary N) is 2. The number of pyridine rings is 1. The predicted octanol–water partition coefficient (Wildman–Crippen LogP) is 0.803. The maximum absolute atomic E-state index is 12.0. The number of nitrogens with zero attached hydrogens (tertiary/aromatic N) is 3. The monoisotopic (exact) mass is 341 g/mol. The zero-order chi connectivity index (χ0) is 16.0. The fraction of sp³-hybridized carbons (Fsp3) is 0.333. The fourth-order valence-corrected chi connectivity index (χ4v) is 3.66. The van der Waals surface area contributed by atoms with E-state index in [1.54, 1.807) is 6.20 Å². The molecule has 0 aliphatic heterocycles. The van der Waals surface area contributed by atoms with E-state index in [1.807, 2.05) is 18.2 Å². The van der Waals surface area contributed by atoms with Gasteiger partial charge in [-0.3, -0.25) is 9.78 Å². The lowest BCUT2D eigenvalue weighted by Gasteiger charge is -2.03. The number of sulfonamides is 1. The van der Waals surface area contributed by atoms with Crippen LogP contribution in [0.15, 0.2) is 28.7 Å². The van der Waals surface area contributed by atoms with Gasteiger partial charge < -0.3 is 5.32 Å². The number of aromatic nitrogens is 3. The number of aryl methyl sites for hydroxylation is 1. The number of anilines is 1. The molecule has 10 heteroatoms. The van der Waals surface area contributed by atoms with Gasteiger partial charge in [0.15, 0.2) is 0 Å². The zero-order valence-corrected chi connectivity index (χ0v) is 13.4. The lowest BCUT2D eigenvalue weighted by atomic mass is 10.2. The molecule has 2 aromatic heterocycles. The van der Waals surface area contributed by atoms with Gasteiger partial charge in [0.25, 0.3) is 10.0 Å². The summed E-state index contributed by atoms with van der Waals surface area (Å²) < 4.78 is 26.3. The Hall–Kier alpha value is -1.91. The van der Waals surface area contributed by atoms with Crippen molar-refractivity contribution in [1.82, 2.24) is 19.9 Å². The molecule has 0 saturated carbocycles. The molecule has 0 saturated heterocycles. The molecule has 0 aromatic carbocycles. The van der Waals surface area contributed by atoms with Crippen LogP contribution in [0.3, 0.4) is 0 Å². The molecule has 2 heterocycles. The molecule has 0 spiro atoms. The molecular weight excluding hydrogens is 326 g/mol. The van der Waals surface area contributed by atoms with E-state index in [4.69, 9.17) is 0 Å². The normalized spacial score (nSPS) is 11.3. The Balaban J connectivity index is 1.85. The molecule has 1 amide bonds. The molecule has 0 radical (unpaired) electrons. The lowest BCUT2D eigenvalue weighted by Crippen LogP contribution is -2.25. The minimum absolute atomic E-state index is 0.154. The van der Waals surface area contributed by atoms with E-state index in [0.29, 0.717) is 12.8 Å². The van der Waals surface area contributed by atoms with Crippen LogP contribution in [0.25, 0.3) is 0 Å². The van der Waals surface area contributed by atoms with Gasteiger partial charge in [-0.15, -0.1) is 10.2 Å². The van der Waals surface area contributed by atoms with E-state index in [1.165, 1.54) is 6.92 Å². The highest BCUT2D eigenvalue weighted by Crippen LogP contribution is 2.19. The summed E-state index contributed by atoms with van der Waals surface area (Å²) in [6, 6.07) is 5.60. The highest BCUT2D eigenvalue weighted by Gasteiger charge is 2.19. The molecule has 118 valence electrons. The maximum Gasteiger partial charge on any atom is 0.269 e. The fourth-order valence-electron chi connectivity index (χ4n) is 1.60. The summed E-state index contributed by atoms with van der Waals surface area (Å²) in [5, 5.41) is 9.72. The largest absolute Gasteiger partial charge is 0.301 e. The number of carbonyl (C=O) groups is 1.